The van der Waals surface area contributed by atoms with E-state index in [9.17, 15) is 9.59 Å². The molecule has 0 radical (unpaired) electrons. The third-order valence-corrected chi connectivity index (χ3v) is 2.35. The topological polar surface area (TPSA) is 58.6 Å². The van der Waals surface area contributed by atoms with Crippen LogP contribution in [-0.2, 0) is 9.59 Å². The number of hydrogen-bond acceptors (Lipinski definition) is 4. The third-order valence-electron chi connectivity index (χ3n) is 2.35. The zero-order valence-corrected chi connectivity index (χ0v) is 11.6. The molecule has 0 heterocycles. The number of nitrogens with one attached hydrogen (secondary N) is 1. The molecule has 5 nitrogen and oxygen atoms in total. The number of likely N-dealkylation sites (N-methyl/N-ethyl adjacent to an activating group) is 1. The van der Waals surface area contributed by atoms with Crippen molar-refractivity contribution in [3.63, 3.8) is 0 Å². The van der Waals surface area contributed by atoms with Crippen LogP contribution in [0.3, 0.4) is 0 Å². The van der Waals surface area contributed by atoms with Crippen LogP contribution in [0.1, 0.15) is 13.3 Å². The fraction of sp³-hybridized carbons (Fsp3) is 0.429. The summed E-state index contributed by atoms with van der Waals surface area (Å²) in [6.45, 7) is 2.85. The Hall–Kier alpha value is -1.88. The van der Waals surface area contributed by atoms with Crippen molar-refractivity contribution in [1.82, 2.24) is 4.90 Å². The highest BCUT2D eigenvalue weighted by Gasteiger charge is 2.05. The van der Waals surface area contributed by atoms with Gasteiger partial charge in [-0.25, -0.2) is 0 Å². The summed E-state index contributed by atoms with van der Waals surface area (Å²) in [7, 11) is 3.97. The normalized spacial score (nSPS) is 10.3. The Morgan fingerprint density at radius 3 is 2.37 bits per heavy atom. The van der Waals surface area contributed by atoms with Gasteiger partial charge in [0.1, 0.15) is 18.1 Å². The average molecular weight is 264 g/mol. The molecule has 5 heteroatoms. The molecule has 0 saturated heterocycles. The molecule has 19 heavy (non-hydrogen) atoms. The molecule has 0 unspecified atom stereocenters. The maximum Gasteiger partial charge on any atom is 0.231 e. The van der Waals surface area contributed by atoms with Gasteiger partial charge in [-0.15, -0.1) is 0 Å². The molecular weight excluding hydrogens is 244 g/mol. The first-order chi connectivity index (χ1) is 8.97. The summed E-state index contributed by atoms with van der Waals surface area (Å²) in [6.07, 6.45) is -0.0961. The van der Waals surface area contributed by atoms with E-state index in [4.69, 9.17) is 4.74 Å². The Morgan fingerprint density at radius 1 is 1.21 bits per heavy atom. The van der Waals surface area contributed by atoms with Crippen molar-refractivity contribution in [3.8, 4) is 5.75 Å². The van der Waals surface area contributed by atoms with Gasteiger partial charge >= 0.3 is 0 Å². The predicted octanol–water partition coefficient (Wildman–Crippen LogP) is 1.54. The second-order valence-electron chi connectivity index (χ2n) is 4.60. The standard InChI is InChI=1S/C14H20N2O3/c1-11(17)10-14(18)15-12-4-6-13(7-5-12)19-9-8-16(2)3/h4-7H,8-10H2,1-3H3,(H,15,18). The molecule has 0 atom stereocenters. The Labute approximate surface area is 113 Å². The Balaban J connectivity index is 2.43. The molecule has 1 rings (SSSR count). The molecule has 0 aliphatic carbocycles. The monoisotopic (exact) mass is 264 g/mol. The Bertz CT molecular complexity index is 427. The van der Waals surface area contributed by atoms with Gasteiger partial charge < -0.3 is 15.0 Å². The van der Waals surface area contributed by atoms with Crippen molar-refractivity contribution < 1.29 is 14.3 Å². The van der Waals surface area contributed by atoms with Crippen LogP contribution < -0.4 is 10.1 Å². The minimum Gasteiger partial charge on any atom is -0.492 e. The summed E-state index contributed by atoms with van der Waals surface area (Å²) in [5.41, 5.74) is 0.659. The van der Waals surface area contributed by atoms with E-state index in [1.807, 2.05) is 19.0 Å². The van der Waals surface area contributed by atoms with Crippen LogP contribution in [0.5, 0.6) is 5.75 Å². The van der Waals surface area contributed by atoms with Gasteiger partial charge in [0.2, 0.25) is 5.91 Å². The lowest BCUT2D eigenvalue weighted by atomic mass is 10.2. The van der Waals surface area contributed by atoms with Crippen LogP contribution in [0.15, 0.2) is 24.3 Å². The van der Waals surface area contributed by atoms with Gasteiger partial charge in [-0.1, -0.05) is 0 Å². The Morgan fingerprint density at radius 2 is 1.84 bits per heavy atom. The fourth-order valence-corrected chi connectivity index (χ4v) is 1.41. The van der Waals surface area contributed by atoms with Crippen LogP contribution in [0.25, 0.3) is 0 Å². The molecule has 0 bridgehead atoms. The number of carbonyl (C=O) groups is 2. The number of rotatable bonds is 7. The lowest BCUT2D eigenvalue weighted by molar-refractivity contribution is -0.124. The first kappa shape index (κ1) is 15.2. The van der Waals surface area contributed by atoms with Crippen LogP contribution in [-0.4, -0.2) is 43.8 Å². The summed E-state index contributed by atoms with van der Waals surface area (Å²) < 4.78 is 5.53. The predicted molar refractivity (Wildman–Crippen MR) is 74.4 cm³/mol. The summed E-state index contributed by atoms with van der Waals surface area (Å²) in [5.74, 6) is 0.307. The average Bonchev–Trinajstić information content (AvgIpc) is 2.29. The SMILES string of the molecule is CC(=O)CC(=O)Nc1ccc(OCCN(C)C)cc1. The van der Waals surface area contributed by atoms with E-state index in [1.165, 1.54) is 6.92 Å². The number of benzene rings is 1. The quantitative estimate of drug-likeness (QED) is 0.759. The van der Waals surface area contributed by atoms with Gasteiger partial charge in [0.05, 0.1) is 6.42 Å². The lowest BCUT2D eigenvalue weighted by Crippen LogP contribution is -2.19. The molecule has 1 aromatic rings. The number of anilines is 1. The van der Waals surface area contributed by atoms with Gasteiger partial charge in [0, 0.05) is 12.2 Å². The van der Waals surface area contributed by atoms with E-state index in [1.54, 1.807) is 24.3 Å². The van der Waals surface area contributed by atoms with Crippen LogP contribution in [0, 0.1) is 0 Å². The molecule has 0 aromatic heterocycles. The fourth-order valence-electron chi connectivity index (χ4n) is 1.41. The molecule has 0 aliphatic heterocycles. The molecular formula is C14H20N2O3. The zero-order chi connectivity index (χ0) is 14.3. The maximum atomic E-state index is 11.4. The molecule has 104 valence electrons. The summed E-state index contributed by atoms with van der Waals surface area (Å²) in [5, 5.41) is 2.65. The number of nitrogens with zero attached hydrogens (tertiary/aromatic N) is 1. The van der Waals surface area contributed by atoms with Gasteiger partial charge in [0.15, 0.2) is 0 Å². The molecule has 0 aliphatic rings. The number of amides is 1. The first-order valence-electron chi connectivity index (χ1n) is 6.14. The summed E-state index contributed by atoms with van der Waals surface area (Å²) in [4.78, 5) is 24.2. The highest BCUT2D eigenvalue weighted by Crippen LogP contribution is 2.15. The van der Waals surface area contributed by atoms with Gasteiger partial charge in [-0.05, 0) is 45.3 Å². The van der Waals surface area contributed by atoms with Crippen molar-refractivity contribution in [2.75, 3.05) is 32.6 Å². The van der Waals surface area contributed by atoms with Crippen molar-refractivity contribution in [2.24, 2.45) is 0 Å². The van der Waals surface area contributed by atoms with Crippen LogP contribution in [0.4, 0.5) is 5.69 Å². The van der Waals surface area contributed by atoms with E-state index in [2.05, 4.69) is 5.32 Å². The molecule has 1 amide bonds. The highest BCUT2D eigenvalue weighted by molar-refractivity contribution is 6.03. The minimum absolute atomic E-state index is 0.0961. The third kappa shape index (κ3) is 6.57. The largest absolute Gasteiger partial charge is 0.492 e. The molecule has 1 aromatic carbocycles. The lowest BCUT2D eigenvalue weighted by Gasteiger charge is -2.11. The number of Topliss-reactive ketones (excluding diaryl/α,β-unsaturated/α-hetero) is 1. The van der Waals surface area contributed by atoms with E-state index in [0.29, 0.717) is 12.3 Å². The van der Waals surface area contributed by atoms with E-state index >= 15 is 0 Å². The Kier molecular flexibility index (Phi) is 6.02. The number of ether oxygens (including phenoxy) is 1. The van der Waals surface area contributed by atoms with Gasteiger partial charge in [-0.2, -0.15) is 0 Å². The molecule has 0 saturated carbocycles. The highest BCUT2D eigenvalue weighted by atomic mass is 16.5. The molecule has 0 spiro atoms. The number of carbonyl (C=O) groups excluding carboxylic acids is 2. The van der Waals surface area contributed by atoms with Gasteiger partial charge in [0.25, 0.3) is 0 Å². The molecule has 0 fully saturated rings. The maximum absolute atomic E-state index is 11.4. The summed E-state index contributed by atoms with van der Waals surface area (Å²) >= 11 is 0. The van der Waals surface area contributed by atoms with Gasteiger partial charge in [-0.3, -0.25) is 9.59 Å². The molecule has 1 N–H and O–H groups in total. The first-order valence-corrected chi connectivity index (χ1v) is 6.14. The van der Waals surface area contributed by atoms with Crippen LogP contribution >= 0.6 is 0 Å². The number of hydrogen-bond donors (Lipinski definition) is 1. The number of ketones is 1. The van der Waals surface area contributed by atoms with Crippen molar-refractivity contribution in [1.29, 1.82) is 0 Å². The second kappa shape index (κ2) is 7.53. The van der Waals surface area contributed by atoms with Crippen molar-refractivity contribution in [2.45, 2.75) is 13.3 Å². The smallest absolute Gasteiger partial charge is 0.231 e. The van der Waals surface area contributed by atoms with E-state index in [-0.39, 0.29) is 18.1 Å². The van der Waals surface area contributed by atoms with Crippen molar-refractivity contribution in [3.05, 3.63) is 24.3 Å². The van der Waals surface area contributed by atoms with Crippen molar-refractivity contribution >= 4 is 17.4 Å². The van der Waals surface area contributed by atoms with E-state index in [0.717, 1.165) is 12.3 Å². The summed E-state index contributed by atoms with van der Waals surface area (Å²) in [6, 6.07) is 7.09. The zero-order valence-electron chi connectivity index (χ0n) is 11.6. The van der Waals surface area contributed by atoms with Crippen LogP contribution in [0.2, 0.25) is 0 Å². The minimum atomic E-state index is -0.297. The second-order valence-corrected chi connectivity index (χ2v) is 4.60. The van der Waals surface area contributed by atoms with E-state index < -0.39 is 0 Å².